The molecule has 9 heteroatoms. The highest BCUT2D eigenvalue weighted by atomic mass is 35.5. The van der Waals surface area contributed by atoms with Gasteiger partial charge in [-0.15, -0.1) is 0 Å². The van der Waals surface area contributed by atoms with E-state index < -0.39 is 11.9 Å². The van der Waals surface area contributed by atoms with E-state index in [1.54, 1.807) is 19.1 Å². The van der Waals surface area contributed by atoms with E-state index in [4.69, 9.17) is 28.3 Å². The van der Waals surface area contributed by atoms with Gasteiger partial charge in [0.05, 0.1) is 33.2 Å². The molecule has 0 saturated heterocycles. The van der Waals surface area contributed by atoms with Crippen LogP contribution in [0.1, 0.15) is 26.5 Å². The summed E-state index contributed by atoms with van der Waals surface area (Å²) >= 11 is 12.0. The first-order valence-corrected chi connectivity index (χ1v) is 8.12. The smallest absolute Gasteiger partial charge is 0.337 e. The molecule has 0 spiro atoms. The van der Waals surface area contributed by atoms with Gasteiger partial charge < -0.3 is 15.4 Å². The Morgan fingerprint density at radius 1 is 1.15 bits per heavy atom. The fourth-order valence-corrected chi connectivity index (χ4v) is 2.67. The van der Waals surface area contributed by atoms with E-state index in [1.807, 2.05) is 0 Å². The third kappa shape index (κ3) is 3.54. The van der Waals surface area contributed by atoms with Gasteiger partial charge in [-0.25, -0.2) is 4.79 Å². The maximum atomic E-state index is 12.3. The molecule has 3 rings (SSSR count). The summed E-state index contributed by atoms with van der Waals surface area (Å²) in [5.74, 6) is -1.52. The van der Waals surface area contributed by atoms with Crippen molar-refractivity contribution in [1.29, 1.82) is 0 Å². The van der Waals surface area contributed by atoms with Crippen molar-refractivity contribution >= 4 is 40.8 Å². The third-order valence-corrected chi connectivity index (χ3v) is 4.53. The Morgan fingerprint density at radius 3 is 2.50 bits per heavy atom. The predicted octanol–water partition coefficient (Wildman–Crippen LogP) is 4.04. The number of carbonyl (C=O) groups excluding carboxylic acids is 1. The SMILES string of the molecule is Cc1[nH]c(C(=O)Nc2ccc(-c3cncc(C(=O)O)c3)nc2)c(Cl)c1Cl. The molecule has 132 valence electrons. The monoisotopic (exact) mass is 390 g/mol. The van der Waals surface area contributed by atoms with Crippen molar-refractivity contribution in [1.82, 2.24) is 15.0 Å². The van der Waals surface area contributed by atoms with Gasteiger partial charge in [-0.2, -0.15) is 0 Å². The van der Waals surface area contributed by atoms with Crippen LogP contribution in [0.4, 0.5) is 5.69 Å². The highest BCUT2D eigenvalue weighted by Crippen LogP contribution is 2.29. The highest BCUT2D eigenvalue weighted by molar-refractivity contribution is 6.44. The van der Waals surface area contributed by atoms with Crippen LogP contribution in [0, 0.1) is 6.92 Å². The zero-order valence-corrected chi connectivity index (χ0v) is 14.9. The largest absolute Gasteiger partial charge is 0.478 e. The van der Waals surface area contributed by atoms with Crippen molar-refractivity contribution in [3.63, 3.8) is 0 Å². The molecule has 3 heterocycles. The van der Waals surface area contributed by atoms with Crippen LogP contribution in [0.25, 0.3) is 11.3 Å². The van der Waals surface area contributed by atoms with E-state index in [-0.39, 0.29) is 16.3 Å². The van der Waals surface area contributed by atoms with Gasteiger partial charge in [0.1, 0.15) is 5.69 Å². The Morgan fingerprint density at radius 2 is 1.92 bits per heavy atom. The molecule has 1 amide bonds. The van der Waals surface area contributed by atoms with E-state index in [9.17, 15) is 9.59 Å². The van der Waals surface area contributed by atoms with Crippen LogP contribution in [0.5, 0.6) is 0 Å². The number of hydrogen-bond acceptors (Lipinski definition) is 4. The lowest BCUT2D eigenvalue weighted by Crippen LogP contribution is -2.13. The van der Waals surface area contributed by atoms with E-state index in [1.165, 1.54) is 24.7 Å². The average molecular weight is 391 g/mol. The molecule has 0 fully saturated rings. The number of aromatic nitrogens is 3. The minimum absolute atomic E-state index is 0.0651. The van der Waals surface area contributed by atoms with Gasteiger partial charge in [0.2, 0.25) is 0 Å². The third-order valence-electron chi connectivity index (χ3n) is 3.58. The van der Waals surface area contributed by atoms with Crippen LogP contribution < -0.4 is 5.32 Å². The molecule has 0 atom stereocenters. The first-order chi connectivity index (χ1) is 12.4. The molecule has 0 aromatic carbocycles. The molecule has 7 nitrogen and oxygen atoms in total. The van der Waals surface area contributed by atoms with Crippen molar-refractivity contribution in [2.45, 2.75) is 6.92 Å². The molecule has 26 heavy (non-hydrogen) atoms. The van der Waals surface area contributed by atoms with E-state index in [2.05, 4.69) is 20.3 Å². The Kier molecular flexibility index (Phi) is 4.92. The van der Waals surface area contributed by atoms with Crippen LogP contribution >= 0.6 is 23.2 Å². The van der Waals surface area contributed by atoms with Crippen molar-refractivity contribution in [3.8, 4) is 11.3 Å². The molecular formula is C17H12Cl2N4O3. The quantitative estimate of drug-likeness (QED) is 0.622. The maximum Gasteiger partial charge on any atom is 0.337 e. The summed E-state index contributed by atoms with van der Waals surface area (Å²) in [5.41, 5.74) is 2.35. The van der Waals surface area contributed by atoms with Gasteiger partial charge >= 0.3 is 5.97 Å². The molecular weight excluding hydrogens is 379 g/mol. The number of pyridine rings is 2. The number of carbonyl (C=O) groups is 2. The number of aromatic amines is 1. The number of amides is 1. The second-order valence-corrected chi connectivity index (χ2v) is 6.16. The number of halogens is 2. The fourth-order valence-electron chi connectivity index (χ4n) is 2.26. The lowest BCUT2D eigenvalue weighted by atomic mass is 10.1. The maximum absolute atomic E-state index is 12.3. The van der Waals surface area contributed by atoms with Crippen LogP contribution in [-0.2, 0) is 0 Å². The van der Waals surface area contributed by atoms with E-state index >= 15 is 0 Å². The number of nitrogens with zero attached hydrogens (tertiary/aromatic N) is 2. The average Bonchev–Trinajstić information content (AvgIpc) is 2.90. The highest BCUT2D eigenvalue weighted by Gasteiger charge is 2.18. The summed E-state index contributed by atoms with van der Waals surface area (Å²) in [6.07, 6.45) is 4.22. The van der Waals surface area contributed by atoms with Crippen LogP contribution in [0.15, 0.2) is 36.8 Å². The second-order valence-electron chi connectivity index (χ2n) is 5.41. The summed E-state index contributed by atoms with van der Waals surface area (Å²) in [6, 6.07) is 4.76. The Bertz CT molecular complexity index is 1000. The number of carboxylic acids is 1. The van der Waals surface area contributed by atoms with Gasteiger partial charge in [-0.05, 0) is 25.1 Å². The molecule has 0 radical (unpaired) electrons. The zero-order chi connectivity index (χ0) is 18.8. The molecule has 0 aliphatic rings. The van der Waals surface area contributed by atoms with Crippen molar-refractivity contribution in [2.75, 3.05) is 5.32 Å². The van der Waals surface area contributed by atoms with Crippen LogP contribution in [-0.4, -0.2) is 31.9 Å². The molecule has 0 aliphatic carbocycles. The summed E-state index contributed by atoms with van der Waals surface area (Å²) in [7, 11) is 0. The van der Waals surface area contributed by atoms with E-state index in [0.29, 0.717) is 27.7 Å². The Balaban J connectivity index is 1.79. The van der Waals surface area contributed by atoms with Gasteiger partial charge in [0.25, 0.3) is 5.91 Å². The van der Waals surface area contributed by atoms with Gasteiger partial charge in [0, 0.05) is 23.7 Å². The first-order valence-electron chi connectivity index (χ1n) is 7.36. The number of aromatic carboxylic acids is 1. The Labute approximate surface area is 158 Å². The topological polar surface area (TPSA) is 108 Å². The number of anilines is 1. The second kappa shape index (κ2) is 7.15. The number of rotatable bonds is 4. The van der Waals surface area contributed by atoms with Gasteiger partial charge in [0.15, 0.2) is 0 Å². The fraction of sp³-hybridized carbons (Fsp3) is 0.0588. The normalized spacial score (nSPS) is 10.6. The summed E-state index contributed by atoms with van der Waals surface area (Å²) in [4.78, 5) is 34.2. The van der Waals surface area contributed by atoms with Gasteiger partial charge in [-0.1, -0.05) is 23.2 Å². The molecule has 3 N–H and O–H groups in total. The minimum Gasteiger partial charge on any atom is -0.478 e. The minimum atomic E-state index is -1.07. The summed E-state index contributed by atoms with van der Waals surface area (Å²) in [6.45, 7) is 1.71. The molecule has 0 saturated carbocycles. The first kappa shape index (κ1) is 17.9. The number of hydrogen-bond donors (Lipinski definition) is 3. The number of nitrogens with one attached hydrogen (secondary N) is 2. The molecule has 0 aliphatic heterocycles. The summed E-state index contributed by atoms with van der Waals surface area (Å²) < 4.78 is 0. The molecule has 3 aromatic heterocycles. The number of aryl methyl sites for hydroxylation is 1. The van der Waals surface area contributed by atoms with Crippen LogP contribution in [0.3, 0.4) is 0 Å². The lowest BCUT2D eigenvalue weighted by Gasteiger charge is -2.06. The molecule has 3 aromatic rings. The Hall–Kier alpha value is -2.90. The predicted molar refractivity (Wildman–Crippen MR) is 97.9 cm³/mol. The van der Waals surface area contributed by atoms with Crippen LogP contribution in [0.2, 0.25) is 10.0 Å². The van der Waals surface area contributed by atoms with Crippen molar-refractivity contribution < 1.29 is 14.7 Å². The standard InChI is InChI=1S/C17H12Cl2N4O3/c1-8-13(18)14(19)15(22-8)16(24)23-11-2-3-12(21-7-11)9-4-10(17(25)26)6-20-5-9/h2-7,22H,1H3,(H,23,24)(H,25,26). The summed E-state index contributed by atoms with van der Waals surface area (Å²) in [5, 5.41) is 12.1. The lowest BCUT2D eigenvalue weighted by molar-refractivity contribution is 0.0696. The molecule has 0 unspecified atom stereocenters. The number of H-pyrrole nitrogens is 1. The zero-order valence-electron chi connectivity index (χ0n) is 13.4. The van der Waals surface area contributed by atoms with E-state index in [0.717, 1.165) is 0 Å². The molecule has 0 bridgehead atoms. The van der Waals surface area contributed by atoms with Gasteiger partial charge in [-0.3, -0.25) is 14.8 Å². The van der Waals surface area contributed by atoms with Crippen molar-refractivity contribution in [3.05, 3.63) is 63.8 Å². The van der Waals surface area contributed by atoms with Crippen molar-refractivity contribution in [2.24, 2.45) is 0 Å². The number of carboxylic acid groups (broad SMARTS) is 1.